The van der Waals surface area contributed by atoms with Crippen molar-refractivity contribution in [3.8, 4) is 5.75 Å². The topological polar surface area (TPSA) is 89.8 Å². The van der Waals surface area contributed by atoms with Crippen molar-refractivity contribution in [3.05, 3.63) is 28.8 Å². The standard InChI is InChI=1S/C11H14ClNO4/c1-11(5-14,6-15)13-10(17)8-4-7(16)2-3-9(8)12/h2-4,14-16H,5-6H2,1H3,(H,13,17). The molecule has 0 saturated heterocycles. The molecule has 0 atom stereocenters. The molecule has 1 rings (SSSR count). The monoisotopic (exact) mass is 259 g/mol. The first-order valence-electron chi connectivity index (χ1n) is 4.94. The first-order valence-corrected chi connectivity index (χ1v) is 5.32. The second-order valence-electron chi connectivity index (χ2n) is 4.00. The van der Waals surface area contributed by atoms with Gasteiger partial charge in [-0.1, -0.05) is 11.6 Å². The summed E-state index contributed by atoms with van der Waals surface area (Å²) in [5, 5.41) is 30.0. The number of halogens is 1. The zero-order valence-electron chi connectivity index (χ0n) is 9.27. The van der Waals surface area contributed by atoms with Crippen LogP contribution in [0.4, 0.5) is 0 Å². The van der Waals surface area contributed by atoms with Gasteiger partial charge in [-0.2, -0.15) is 0 Å². The number of rotatable bonds is 4. The second-order valence-corrected chi connectivity index (χ2v) is 4.40. The van der Waals surface area contributed by atoms with Gasteiger partial charge in [0.2, 0.25) is 0 Å². The molecule has 0 radical (unpaired) electrons. The number of hydrogen-bond acceptors (Lipinski definition) is 4. The number of benzene rings is 1. The predicted molar refractivity (Wildman–Crippen MR) is 63.2 cm³/mol. The highest BCUT2D eigenvalue weighted by molar-refractivity contribution is 6.33. The molecule has 0 unspecified atom stereocenters. The quantitative estimate of drug-likeness (QED) is 0.635. The van der Waals surface area contributed by atoms with Gasteiger partial charge in [-0.15, -0.1) is 0 Å². The number of phenols is 1. The summed E-state index contributed by atoms with van der Waals surface area (Å²) in [4.78, 5) is 11.8. The van der Waals surface area contributed by atoms with Gasteiger partial charge in [0.05, 0.1) is 29.3 Å². The van der Waals surface area contributed by atoms with Crippen molar-refractivity contribution in [1.82, 2.24) is 5.32 Å². The van der Waals surface area contributed by atoms with Crippen LogP contribution < -0.4 is 5.32 Å². The van der Waals surface area contributed by atoms with Gasteiger partial charge in [0, 0.05) is 0 Å². The normalized spacial score (nSPS) is 11.3. The van der Waals surface area contributed by atoms with Gasteiger partial charge in [0.25, 0.3) is 5.91 Å². The molecule has 0 saturated carbocycles. The van der Waals surface area contributed by atoms with Crippen LogP contribution in [0.2, 0.25) is 5.02 Å². The number of amides is 1. The average molecular weight is 260 g/mol. The summed E-state index contributed by atoms with van der Waals surface area (Å²) in [5.74, 6) is -0.661. The molecular weight excluding hydrogens is 246 g/mol. The molecule has 94 valence electrons. The fraction of sp³-hybridized carbons (Fsp3) is 0.364. The second kappa shape index (κ2) is 5.35. The van der Waals surface area contributed by atoms with Crippen LogP contribution in [-0.2, 0) is 0 Å². The van der Waals surface area contributed by atoms with E-state index in [4.69, 9.17) is 21.8 Å². The fourth-order valence-corrected chi connectivity index (χ4v) is 1.36. The number of phenolic OH excluding ortho intramolecular Hbond substituents is 1. The lowest BCUT2D eigenvalue weighted by Gasteiger charge is -2.26. The summed E-state index contributed by atoms with van der Waals surface area (Å²) in [6.07, 6.45) is 0. The summed E-state index contributed by atoms with van der Waals surface area (Å²) >= 11 is 5.81. The molecule has 17 heavy (non-hydrogen) atoms. The van der Waals surface area contributed by atoms with Crippen LogP contribution in [-0.4, -0.2) is 40.0 Å². The molecule has 0 bridgehead atoms. The molecule has 0 aromatic heterocycles. The van der Waals surface area contributed by atoms with E-state index in [1.54, 1.807) is 0 Å². The Hall–Kier alpha value is -1.30. The first-order chi connectivity index (χ1) is 7.91. The number of hydrogen-bond donors (Lipinski definition) is 4. The van der Waals surface area contributed by atoms with Crippen molar-refractivity contribution in [2.24, 2.45) is 0 Å². The number of aromatic hydroxyl groups is 1. The molecule has 0 heterocycles. The third kappa shape index (κ3) is 3.33. The lowest BCUT2D eigenvalue weighted by Crippen LogP contribution is -2.51. The zero-order chi connectivity index (χ0) is 13.1. The summed E-state index contributed by atoms with van der Waals surface area (Å²) < 4.78 is 0. The van der Waals surface area contributed by atoms with Crippen LogP contribution in [0.25, 0.3) is 0 Å². The van der Waals surface area contributed by atoms with Crippen LogP contribution in [0.1, 0.15) is 17.3 Å². The Kier molecular flexibility index (Phi) is 4.34. The number of carbonyl (C=O) groups is 1. The van der Waals surface area contributed by atoms with Crippen molar-refractivity contribution < 1.29 is 20.1 Å². The van der Waals surface area contributed by atoms with Gasteiger partial charge in [-0.05, 0) is 25.1 Å². The molecular formula is C11H14ClNO4. The minimum Gasteiger partial charge on any atom is -0.508 e. The van der Waals surface area contributed by atoms with Crippen molar-refractivity contribution >= 4 is 17.5 Å². The van der Waals surface area contributed by atoms with Gasteiger partial charge in [-0.3, -0.25) is 4.79 Å². The van der Waals surface area contributed by atoms with E-state index >= 15 is 0 Å². The molecule has 4 N–H and O–H groups in total. The maximum atomic E-state index is 11.8. The summed E-state index contributed by atoms with van der Waals surface area (Å²) in [5.41, 5.74) is -1.05. The van der Waals surface area contributed by atoms with E-state index in [9.17, 15) is 9.90 Å². The van der Waals surface area contributed by atoms with Gasteiger partial charge in [-0.25, -0.2) is 0 Å². The number of aliphatic hydroxyl groups is 2. The highest BCUT2D eigenvalue weighted by Crippen LogP contribution is 2.21. The Morgan fingerprint density at radius 1 is 1.41 bits per heavy atom. The number of aliphatic hydroxyl groups excluding tert-OH is 2. The fourth-order valence-electron chi connectivity index (χ4n) is 1.16. The van der Waals surface area contributed by atoms with Crippen LogP contribution in [0.3, 0.4) is 0 Å². The SMILES string of the molecule is CC(CO)(CO)NC(=O)c1cc(O)ccc1Cl. The van der Waals surface area contributed by atoms with Crippen molar-refractivity contribution in [2.45, 2.75) is 12.5 Å². The average Bonchev–Trinajstić information content (AvgIpc) is 2.32. The largest absolute Gasteiger partial charge is 0.508 e. The molecule has 1 amide bonds. The van der Waals surface area contributed by atoms with Gasteiger partial charge >= 0.3 is 0 Å². The van der Waals surface area contributed by atoms with Crippen molar-refractivity contribution in [2.75, 3.05) is 13.2 Å². The Labute approximate surface area is 104 Å². The van der Waals surface area contributed by atoms with Crippen LogP contribution in [0, 0.1) is 0 Å². The smallest absolute Gasteiger partial charge is 0.253 e. The Bertz CT molecular complexity index is 418. The third-order valence-electron chi connectivity index (χ3n) is 2.31. The van der Waals surface area contributed by atoms with E-state index in [2.05, 4.69) is 5.32 Å². The molecule has 5 nitrogen and oxygen atoms in total. The lowest BCUT2D eigenvalue weighted by molar-refractivity contribution is 0.0723. The van der Waals surface area contributed by atoms with Crippen molar-refractivity contribution in [1.29, 1.82) is 0 Å². The van der Waals surface area contributed by atoms with E-state index in [0.717, 1.165) is 0 Å². The van der Waals surface area contributed by atoms with E-state index < -0.39 is 24.7 Å². The van der Waals surface area contributed by atoms with E-state index in [-0.39, 0.29) is 16.3 Å². The highest BCUT2D eigenvalue weighted by atomic mass is 35.5. The molecule has 0 spiro atoms. The van der Waals surface area contributed by atoms with Gasteiger partial charge < -0.3 is 20.6 Å². The van der Waals surface area contributed by atoms with Gasteiger partial charge in [0.1, 0.15) is 5.75 Å². The van der Waals surface area contributed by atoms with E-state index in [1.807, 2.05) is 0 Å². The Balaban J connectivity index is 2.94. The number of nitrogens with one attached hydrogen (secondary N) is 1. The predicted octanol–water partition coefficient (Wildman–Crippen LogP) is 0.519. The maximum absolute atomic E-state index is 11.8. The minimum absolute atomic E-state index is 0.0831. The Morgan fingerprint density at radius 2 is 2.00 bits per heavy atom. The Morgan fingerprint density at radius 3 is 2.53 bits per heavy atom. The molecule has 0 fully saturated rings. The van der Waals surface area contributed by atoms with Crippen LogP contribution in [0.5, 0.6) is 5.75 Å². The summed E-state index contributed by atoms with van der Waals surface area (Å²) in [6, 6.07) is 3.96. The maximum Gasteiger partial charge on any atom is 0.253 e. The van der Waals surface area contributed by atoms with Gasteiger partial charge in [0.15, 0.2) is 0 Å². The van der Waals surface area contributed by atoms with Crippen molar-refractivity contribution in [3.63, 3.8) is 0 Å². The minimum atomic E-state index is -1.13. The zero-order valence-corrected chi connectivity index (χ0v) is 10.0. The number of carbonyl (C=O) groups excluding carboxylic acids is 1. The molecule has 1 aromatic carbocycles. The van der Waals surface area contributed by atoms with Crippen LogP contribution in [0.15, 0.2) is 18.2 Å². The van der Waals surface area contributed by atoms with E-state index in [1.165, 1.54) is 25.1 Å². The molecule has 1 aromatic rings. The molecule has 0 aliphatic heterocycles. The van der Waals surface area contributed by atoms with E-state index in [0.29, 0.717) is 0 Å². The highest BCUT2D eigenvalue weighted by Gasteiger charge is 2.26. The third-order valence-corrected chi connectivity index (χ3v) is 2.64. The summed E-state index contributed by atoms with van der Waals surface area (Å²) in [6.45, 7) is 0.666. The lowest BCUT2D eigenvalue weighted by atomic mass is 10.0. The summed E-state index contributed by atoms with van der Waals surface area (Å²) in [7, 11) is 0. The first kappa shape index (κ1) is 13.8. The molecule has 6 heteroatoms. The van der Waals surface area contributed by atoms with Crippen LogP contribution >= 0.6 is 11.6 Å². The molecule has 0 aliphatic rings. The molecule has 0 aliphatic carbocycles.